The van der Waals surface area contributed by atoms with Crippen LogP contribution >= 0.6 is 0 Å². The first-order valence-electron chi connectivity index (χ1n) is 10.4. The zero-order valence-electron chi connectivity index (χ0n) is 16.6. The smallest absolute Gasteiger partial charge is 0.243 e. The van der Waals surface area contributed by atoms with E-state index in [2.05, 4.69) is 11.0 Å². The Morgan fingerprint density at radius 2 is 1.66 bits per heavy atom. The molecule has 29 heavy (non-hydrogen) atoms. The monoisotopic (exact) mass is 409 g/mol. The van der Waals surface area contributed by atoms with Crippen LogP contribution in [0, 0.1) is 11.3 Å². The van der Waals surface area contributed by atoms with Crippen molar-refractivity contribution in [2.24, 2.45) is 0 Å². The van der Waals surface area contributed by atoms with Crippen LogP contribution in [0.2, 0.25) is 0 Å². The van der Waals surface area contributed by atoms with Crippen molar-refractivity contribution in [1.82, 2.24) is 9.21 Å². The molecule has 2 aliphatic rings. The predicted octanol–water partition coefficient (Wildman–Crippen LogP) is 3.67. The topological polar surface area (TPSA) is 64.4 Å². The molecule has 2 aromatic rings. The molecule has 0 radical (unpaired) electrons. The van der Waals surface area contributed by atoms with Crippen molar-refractivity contribution < 1.29 is 8.42 Å². The highest BCUT2D eigenvalue weighted by Gasteiger charge is 2.32. The molecule has 2 heterocycles. The first-order valence-corrected chi connectivity index (χ1v) is 11.9. The maximum Gasteiger partial charge on any atom is 0.243 e. The minimum absolute atomic E-state index is 0.211. The second-order valence-corrected chi connectivity index (χ2v) is 9.81. The van der Waals surface area contributed by atoms with E-state index >= 15 is 0 Å². The summed E-state index contributed by atoms with van der Waals surface area (Å²) < 4.78 is 28.1. The summed E-state index contributed by atoms with van der Waals surface area (Å²) in [5, 5.41) is 9.72. The zero-order chi connectivity index (χ0) is 20.3. The number of nitriles is 1. The summed E-state index contributed by atoms with van der Waals surface area (Å²) in [6.07, 6.45) is 4.93. The summed E-state index contributed by atoms with van der Waals surface area (Å²) in [4.78, 5) is 2.59. The first kappa shape index (κ1) is 20.1. The molecule has 2 fully saturated rings. The maximum absolute atomic E-state index is 13.3. The normalized spacial score (nSPS) is 19.3. The Hall–Kier alpha value is -2.20. The van der Waals surface area contributed by atoms with Crippen LogP contribution in [0.4, 0.5) is 0 Å². The molecule has 5 nitrogen and oxygen atoms in total. The molecule has 0 aromatic heterocycles. The fourth-order valence-electron chi connectivity index (χ4n) is 4.14. The van der Waals surface area contributed by atoms with Crippen LogP contribution in [0.1, 0.15) is 31.2 Å². The van der Waals surface area contributed by atoms with Crippen molar-refractivity contribution in [3.05, 3.63) is 54.1 Å². The highest BCUT2D eigenvalue weighted by molar-refractivity contribution is 7.89. The number of hydrogen-bond donors (Lipinski definition) is 0. The van der Waals surface area contributed by atoms with Gasteiger partial charge in [-0.15, -0.1) is 0 Å². The van der Waals surface area contributed by atoms with Gasteiger partial charge in [-0.05, 0) is 49.5 Å². The number of piperidine rings is 1. The van der Waals surface area contributed by atoms with E-state index in [1.165, 1.54) is 6.42 Å². The minimum Gasteiger partial charge on any atom is -0.288 e. The van der Waals surface area contributed by atoms with Gasteiger partial charge >= 0.3 is 0 Å². The first-order chi connectivity index (χ1) is 14.1. The third-order valence-electron chi connectivity index (χ3n) is 5.97. The molecule has 4 rings (SSSR count). The van der Waals surface area contributed by atoms with Gasteiger partial charge in [0.15, 0.2) is 0 Å². The number of hydrogen-bond acceptors (Lipinski definition) is 4. The van der Waals surface area contributed by atoms with Crippen molar-refractivity contribution in [1.29, 1.82) is 5.26 Å². The molecule has 0 aliphatic carbocycles. The molecule has 6 heteroatoms. The van der Waals surface area contributed by atoms with E-state index in [0.29, 0.717) is 24.4 Å². The van der Waals surface area contributed by atoms with Gasteiger partial charge in [0.1, 0.15) is 6.04 Å². The van der Waals surface area contributed by atoms with E-state index in [9.17, 15) is 13.7 Å². The molecular formula is C23H27N3O2S. The minimum atomic E-state index is -3.53. The lowest BCUT2D eigenvalue weighted by Crippen LogP contribution is -2.42. The van der Waals surface area contributed by atoms with Crippen LogP contribution in [-0.4, -0.2) is 49.8 Å². The summed E-state index contributed by atoms with van der Waals surface area (Å²) >= 11 is 0. The van der Waals surface area contributed by atoms with Crippen molar-refractivity contribution in [2.75, 3.05) is 26.2 Å². The van der Waals surface area contributed by atoms with Crippen molar-refractivity contribution in [3.63, 3.8) is 0 Å². The van der Waals surface area contributed by atoms with E-state index in [-0.39, 0.29) is 6.04 Å². The summed E-state index contributed by atoms with van der Waals surface area (Å²) in [5.74, 6) is 0. The molecule has 0 saturated carbocycles. The van der Waals surface area contributed by atoms with E-state index in [0.717, 1.165) is 49.0 Å². The van der Waals surface area contributed by atoms with Crippen LogP contribution in [0.3, 0.4) is 0 Å². The van der Waals surface area contributed by atoms with Gasteiger partial charge < -0.3 is 0 Å². The Kier molecular flexibility index (Phi) is 6.00. The van der Waals surface area contributed by atoms with Gasteiger partial charge in [-0.2, -0.15) is 9.57 Å². The zero-order valence-corrected chi connectivity index (χ0v) is 17.4. The molecule has 2 aliphatic heterocycles. The van der Waals surface area contributed by atoms with E-state index in [1.54, 1.807) is 10.4 Å². The van der Waals surface area contributed by atoms with E-state index in [4.69, 9.17) is 0 Å². The van der Waals surface area contributed by atoms with Crippen LogP contribution in [0.15, 0.2) is 53.4 Å². The van der Waals surface area contributed by atoms with Gasteiger partial charge in [0.25, 0.3) is 0 Å². The third kappa shape index (κ3) is 4.23. The number of nitrogens with zero attached hydrogens (tertiary/aromatic N) is 3. The SMILES string of the molecule is N#C[C@H](Cc1ccc(-c2ccccc2)c(S(=O)(=O)N2CCC2)c1)N1CCCCC1. The Balaban J connectivity index is 1.69. The molecule has 0 spiro atoms. The van der Waals surface area contributed by atoms with Gasteiger partial charge in [-0.25, -0.2) is 8.42 Å². The van der Waals surface area contributed by atoms with Crippen molar-refractivity contribution in [3.8, 4) is 17.2 Å². The highest BCUT2D eigenvalue weighted by Crippen LogP contribution is 2.32. The number of rotatable bonds is 6. The molecule has 152 valence electrons. The predicted molar refractivity (Wildman–Crippen MR) is 114 cm³/mol. The lowest BCUT2D eigenvalue weighted by Gasteiger charge is -2.32. The highest BCUT2D eigenvalue weighted by atomic mass is 32.2. The average Bonchev–Trinajstić information content (AvgIpc) is 2.71. The van der Waals surface area contributed by atoms with Gasteiger partial charge in [-0.1, -0.05) is 48.9 Å². The molecule has 0 bridgehead atoms. The Morgan fingerprint density at radius 1 is 0.931 bits per heavy atom. The molecule has 0 amide bonds. The molecule has 0 unspecified atom stereocenters. The third-order valence-corrected chi connectivity index (χ3v) is 7.91. The van der Waals surface area contributed by atoms with Crippen LogP contribution in [-0.2, 0) is 16.4 Å². The number of benzene rings is 2. The molecule has 2 aromatic carbocycles. The van der Waals surface area contributed by atoms with Gasteiger partial charge in [0.2, 0.25) is 10.0 Å². The summed E-state index contributed by atoms with van der Waals surface area (Å²) in [5.41, 5.74) is 2.53. The fraction of sp³-hybridized carbons (Fsp3) is 0.435. The number of likely N-dealkylation sites (tertiary alicyclic amines) is 1. The maximum atomic E-state index is 13.3. The summed E-state index contributed by atoms with van der Waals surface area (Å²) in [7, 11) is -3.53. The Bertz CT molecular complexity index is 989. The van der Waals surface area contributed by atoms with Crippen molar-refractivity contribution >= 4 is 10.0 Å². The van der Waals surface area contributed by atoms with E-state index < -0.39 is 10.0 Å². The Labute approximate surface area is 173 Å². The van der Waals surface area contributed by atoms with Gasteiger partial charge in [0.05, 0.1) is 11.0 Å². The molecule has 0 N–H and O–H groups in total. The van der Waals surface area contributed by atoms with Crippen LogP contribution < -0.4 is 0 Å². The second-order valence-electron chi connectivity index (χ2n) is 7.90. The molecule has 1 atom stereocenters. The lowest BCUT2D eigenvalue weighted by molar-refractivity contribution is 0.194. The summed E-state index contributed by atoms with van der Waals surface area (Å²) in [6, 6.07) is 17.6. The summed E-state index contributed by atoms with van der Waals surface area (Å²) in [6.45, 7) is 3.04. The molecule has 2 saturated heterocycles. The van der Waals surface area contributed by atoms with Gasteiger partial charge in [0, 0.05) is 25.1 Å². The average molecular weight is 410 g/mol. The number of sulfonamides is 1. The van der Waals surface area contributed by atoms with Crippen LogP contribution in [0.5, 0.6) is 0 Å². The second kappa shape index (κ2) is 8.66. The largest absolute Gasteiger partial charge is 0.288 e. The molecular weight excluding hydrogens is 382 g/mol. The van der Waals surface area contributed by atoms with Gasteiger partial charge in [-0.3, -0.25) is 4.90 Å². The van der Waals surface area contributed by atoms with Crippen LogP contribution in [0.25, 0.3) is 11.1 Å². The standard InChI is InChI=1S/C23H27N3O2S/c24-18-21(25-12-5-2-6-13-25)16-19-10-11-22(20-8-3-1-4-9-20)23(17-19)29(27,28)26-14-7-15-26/h1,3-4,8-11,17,21H,2,5-7,12-16H2/t21-/m0/s1. The fourth-order valence-corrected chi connectivity index (χ4v) is 5.92. The van der Waals surface area contributed by atoms with E-state index in [1.807, 2.05) is 42.5 Å². The lowest BCUT2D eigenvalue weighted by atomic mass is 9.99. The quantitative estimate of drug-likeness (QED) is 0.730. The Morgan fingerprint density at radius 3 is 2.28 bits per heavy atom. The van der Waals surface area contributed by atoms with Crippen molar-refractivity contribution in [2.45, 2.75) is 43.0 Å².